The zero-order chi connectivity index (χ0) is 21.0. The minimum Gasteiger partial charge on any atom is -0.452 e. The third-order valence-corrected chi connectivity index (χ3v) is 4.83. The predicted octanol–water partition coefficient (Wildman–Crippen LogP) is 4.18. The Bertz CT molecular complexity index is 1010. The number of halogens is 1. The molecule has 1 heterocycles. The third kappa shape index (κ3) is 4.84. The van der Waals surface area contributed by atoms with Crippen LogP contribution < -0.4 is 5.32 Å². The van der Waals surface area contributed by atoms with Gasteiger partial charge in [-0.3, -0.25) is 4.79 Å². The maximum absolute atomic E-state index is 12.6. The van der Waals surface area contributed by atoms with Crippen molar-refractivity contribution < 1.29 is 14.3 Å². The lowest BCUT2D eigenvalue weighted by Crippen LogP contribution is -2.31. The first-order valence-corrected chi connectivity index (χ1v) is 9.58. The molecule has 3 aromatic rings. The summed E-state index contributed by atoms with van der Waals surface area (Å²) < 4.78 is 6.92. The fourth-order valence-electron chi connectivity index (χ4n) is 3.08. The molecular formula is C22H22ClN3O3. The van der Waals surface area contributed by atoms with Gasteiger partial charge < -0.3 is 10.1 Å². The number of carbonyl (C=O) groups is 2. The number of rotatable bonds is 6. The highest BCUT2D eigenvalue weighted by molar-refractivity contribution is 6.30. The minimum atomic E-state index is -0.573. The number of amides is 1. The van der Waals surface area contributed by atoms with Crippen molar-refractivity contribution >= 4 is 23.5 Å². The van der Waals surface area contributed by atoms with Crippen molar-refractivity contribution in [1.29, 1.82) is 0 Å². The van der Waals surface area contributed by atoms with E-state index in [1.54, 1.807) is 30.7 Å². The maximum Gasteiger partial charge on any atom is 0.342 e. The lowest BCUT2D eigenvalue weighted by atomic mass is 10.1. The normalized spacial score (nSPS) is 11.7. The van der Waals surface area contributed by atoms with Crippen LogP contribution in [0.2, 0.25) is 5.02 Å². The summed E-state index contributed by atoms with van der Waals surface area (Å²) in [5.41, 5.74) is 3.33. The van der Waals surface area contributed by atoms with Gasteiger partial charge in [-0.1, -0.05) is 41.9 Å². The number of esters is 1. The number of ether oxygens (including phenoxy) is 1. The van der Waals surface area contributed by atoms with Crippen LogP contribution >= 0.6 is 11.6 Å². The quantitative estimate of drug-likeness (QED) is 0.617. The van der Waals surface area contributed by atoms with E-state index >= 15 is 0 Å². The van der Waals surface area contributed by atoms with Gasteiger partial charge in [0.15, 0.2) is 6.61 Å². The van der Waals surface area contributed by atoms with E-state index in [9.17, 15) is 9.59 Å². The highest BCUT2D eigenvalue weighted by atomic mass is 35.5. The van der Waals surface area contributed by atoms with Gasteiger partial charge in [-0.15, -0.1) is 0 Å². The van der Waals surface area contributed by atoms with Gasteiger partial charge in [-0.2, -0.15) is 5.10 Å². The molecule has 29 heavy (non-hydrogen) atoms. The average Bonchev–Trinajstić information content (AvgIpc) is 3.01. The monoisotopic (exact) mass is 411 g/mol. The lowest BCUT2D eigenvalue weighted by molar-refractivity contribution is -0.124. The molecule has 150 valence electrons. The molecule has 1 aromatic heterocycles. The third-order valence-electron chi connectivity index (χ3n) is 4.58. The van der Waals surface area contributed by atoms with Gasteiger partial charge in [0.2, 0.25) is 0 Å². The number of carbonyl (C=O) groups excluding carboxylic acids is 2. The summed E-state index contributed by atoms with van der Waals surface area (Å²) in [7, 11) is 0. The molecule has 0 bridgehead atoms. The number of para-hydroxylation sites is 1. The first kappa shape index (κ1) is 20.6. The molecule has 7 heteroatoms. The van der Waals surface area contributed by atoms with Crippen LogP contribution in [0, 0.1) is 13.8 Å². The summed E-state index contributed by atoms with van der Waals surface area (Å²) in [4.78, 5) is 24.7. The van der Waals surface area contributed by atoms with E-state index in [-0.39, 0.29) is 18.6 Å². The number of hydrogen-bond donors (Lipinski definition) is 1. The Morgan fingerprint density at radius 3 is 2.41 bits per heavy atom. The molecule has 2 aromatic carbocycles. The van der Waals surface area contributed by atoms with Crippen molar-refractivity contribution in [3.8, 4) is 5.69 Å². The Balaban J connectivity index is 1.63. The first-order chi connectivity index (χ1) is 13.9. The summed E-state index contributed by atoms with van der Waals surface area (Å²) in [6.45, 7) is 5.02. The number of nitrogens with zero attached hydrogens (tertiary/aromatic N) is 2. The van der Waals surface area contributed by atoms with E-state index in [1.165, 1.54) is 0 Å². The minimum absolute atomic E-state index is 0.234. The van der Waals surface area contributed by atoms with Crippen molar-refractivity contribution in [3.05, 3.63) is 82.1 Å². The topological polar surface area (TPSA) is 73.2 Å². The Morgan fingerprint density at radius 2 is 1.76 bits per heavy atom. The molecule has 0 radical (unpaired) electrons. The summed E-state index contributed by atoms with van der Waals surface area (Å²) in [6, 6.07) is 16.5. The van der Waals surface area contributed by atoms with Crippen molar-refractivity contribution in [2.75, 3.05) is 6.61 Å². The molecule has 0 saturated carbocycles. The predicted molar refractivity (Wildman–Crippen MR) is 111 cm³/mol. The first-order valence-electron chi connectivity index (χ1n) is 9.20. The Kier molecular flexibility index (Phi) is 6.34. The molecule has 6 nitrogen and oxygen atoms in total. The van der Waals surface area contributed by atoms with Gasteiger partial charge in [-0.25, -0.2) is 9.48 Å². The second kappa shape index (κ2) is 8.92. The van der Waals surface area contributed by atoms with E-state index in [0.717, 1.165) is 11.3 Å². The standard InChI is InChI=1S/C22H22ClN3O3/c1-14(17-9-11-18(23)12-10-17)24-20(27)13-29-22(28)21-15(2)25-26(16(21)3)19-7-5-4-6-8-19/h4-12,14H,13H2,1-3H3,(H,24,27)/t14-/m1/s1. The van der Waals surface area contributed by atoms with Crippen LogP contribution in [-0.4, -0.2) is 28.3 Å². The number of benzene rings is 2. The van der Waals surface area contributed by atoms with Gasteiger partial charge in [0.05, 0.1) is 23.1 Å². The van der Waals surface area contributed by atoms with Crippen LogP contribution in [0.5, 0.6) is 0 Å². The summed E-state index contributed by atoms with van der Waals surface area (Å²) >= 11 is 5.88. The zero-order valence-corrected chi connectivity index (χ0v) is 17.2. The number of hydrogen-bond acceptors (Lipinski definition) is 4. The molecule has 1 amide bonds. The molecule has 0 aliphatic rings. The molecular weight excluding hydrogens is 390 g/mol. The number of aryl methyl sites for hydroxylation is 1. The largest absolute Gasteiger partial charge is 0.452 e. The second-order valence-electron chi connectivity index (χ2n) is 6.71. The fraction of sp³-hybridized carbons (Fsp3) is 0.227. The van der Waals surface area contributed by atoms with Gasteiger partial charge in [0, 0.05) is 5.02 Å². The Labute approximate surface area is 174 Å². The van der Waals surface area contributed by atoms with E-state index in [0.29, 0.717) is 22.0 Å². The van der Waals surface area contributed by atoms with Gasteiger partial charge in [-0.05, 0) is 50.6 Å². The molecule has 0 spiro atoms. The fourth-order valence-corrected chi connectivity index (χ4v) is 3.21. The van der Waals surface area contributed by atoms with Crippen LogP contribution in [-0.2, 0) is 9.53 Å². The number of nitrogens with one attached hydrogen (secondary N) is 1. The summed E-state index contributed by atoms with van der Waals surface area (Å²) in [5, 5.41) is 7.86. The van der Waals surface area contributed by atoms with Crippen molar-refractivity contribution in [2.45, 2.75) is 26.8 Å². The SMILES string of the molecule is Cc1nn(-c2ccccc2)c(C)c1C(=O)OCC(=O)N[C@H](C)c1ccc(Cl)cc1. The van der Waals surface area contributed by atoms with Crippen LogP contribution in [0.4, 0.5) is 0 Å². The molecule has 3 rings (SSSR count). The van der Waals surface area contributed by atoms with Gasteiger partial charge in [0.1, 0.15) is 5.56 Å². The van der Waals surface area contributed by atoms with Gasteiger partial charge in [0.25, 0.3) is 5.91 Å². The molecule has 0 aliphatic heterocycles. The van der Waals surface area contributed by atoms with E-state index in [4.69, 9.17) is 16.3 Å². The molecule has 0 unspecified atom stereocenters. The Hall–Kier alpha value is -3.12. The van der Waals surface area contributed by atoms with Crippen LogP contribution in [0.3, 0.4) is 0 Å². The van der Waals surface area contributed by atoms with E-state index in [2.05, 4.69) is 10.4 Å². The molecule has 0 aliphatic carbocycles. The molecule has 0 fully saturated rings. The highest BCUT2D eigenvalue weighted by Gasteiger charge is 2.22. The van der Waals surface area contributed by atoms with Gasteiger partial charge >= 0.3 is 5.97 Å². The van der Waals surface area contributed by atoms with Crippen molar-refractivity contribution in [2.24, 2.45) is 0 Å². The average molecular weight is 412 g/mol. The molecule has 1 N–H and O–H groups in total. The van der Waals surface area contributed by atoms with Crippen LogP contribution in [0.15, 0.2) is 54.6 Å². The van der Waals surface area contributed by atoms with E-state index < -0.39 is 5.97 Å². The molecule has 1 atom stereocenters. The Morgan fingerprint density at radius 1 is 1.10 bits per heavy atom. The van der Waals surface area contributed by atoms with Crippen LogP contribution in [0.25, 0.3) is 5.69 Å². The second-order valence-corrected chi connectivity index (χ2v) is 7.15. The number of aromatic nitrogens is 2. The highest BCUT2D eigenvalue weighted by Crippen LogP contribution is 2.19. The van der Waals surface area contributed by atoms with Crippen molar-refractivity contribution in [1.82, 2.24) is 15.1 Å². The van der Waals surface area contributed by atoms with Crippen molar-refractivity contribution in [3.63, 3.8) is 0 Å². The zero-order valence-electron chi connectivity index (χ0n) is 16.5. The smallest absolute Gasteiger partial charge is 0.342 e. The summed E-state index contributed by atoms with van der Waals surface area (Å²) in [5.74, 6) is -0.956. The van der Waals surface area contributed by atoms with E-state index in [1.807, 2.05) is 49.4 Å². The lowest BCUT2D eigenvalue weighted by Gasteiger charge is -2.14. The molecule has 0 saturated heterocycles. The summed E-state index contributed by atoms with van der Waals surface area (Å²) in [6.07, 6.45) is 0. The maximum atomic E-state index is 12.6. The van der Waals surface area contributed by atoms with Crippen LogP contribution in [0.1, 0.15) is 40.3 Å².